The van der Waals surface area contributed by atoms with Crippen molar-refractivity contribution in [2.45, 2.75) is 32.2 Å². The number of pyridine rings is 1. The van der Waals surface area contributed by atoms with E-state index in [-0.39, 0.29) is 23.4 Å². The molecule has 0 saturated carbocycles. The number of nitrogens with one attached hydrogen (secondary N) is 1. The number of aromatic nitrogens is 1. The van der Waals surface area contributed by atoms with E-state index >= 15 is 0 Å². The van der Waals surface area contributed by atoms with Crippen LogP contribution in [0.2, 0.25) is 0 Å². The lowest BCUT2D eigenvalue weighted by atomic mass is 10.2. The van der Waals surface area contributed by atoms with E-state index in [2.05, 4.69) is 10.3 Å². The molecule has 1 atom stereocenters. The number of hydrogen-bond acceptors (Lipinski definition) is 5. The number of aryl methyl sites for hydroxylation is 1. The van der Waals surface area contributed by atoms with Gasteiger partial charge in [0, 0.05) is 17.1 Å². The molecule has 0 spiro atoms. The molecule has 24 heavy (non-hydrogen) atoms. The van der Waals surface area contributed by atoms with Crippen molar-refractivity contribution in [3.8, 4) is 5.75 Å². The lowest BCUT2D eigenvalue weighted by molar-refractivity contribution is -0.136. The van der Waals surface area contributed by atoms with Gasteiger partial charge in [-0.25, -0.2) is 4.98 Å². The first-order valence-corrected chi connectivity index (χ1v) is 8.72. The highest BCUT2D eigenvalue weighted by Crippen LogP contribution is 2.24. The van der Waals surface area contributed by atoms with Gasteiger partial charge in [0.2, 0.25) is 11.8 Å². The molecule has 1 aliphatic heterocycles. The molecule has 0 radical (unpaired) electrons. The second-order valence-corrected chi connectivity index (χ2v) is 6.84. The van der Waals surface area contributed by atoms with Gasteiger partial charge in [0.1, 0.15) is 6.04 Å². The smallest absolute Gasteiger partial charge is 0.248 e. The van der Waals surface area contributed by atoms with Gasteiger partial charge in [-0.3, -0.25) is 9.59 Å². The fraction of sp³-hybridized carbons (Fsp3) is 0.353. The third kappa shape index (κ3) is 3.56. The van der Waals surface area contributed by atoms with Crippen molar-refractivity contribution in [3.63, 3.8) is 0 Å². The van der Waals surface area contributed by atoms with Crippen molar-refractivity contribution < 1.29 is 14.7 Å². The number of likely N-dealkylation sites (tertiary alicyclic amines) is 1. The van der Waals surface area contributed by atoms with Crippen molar-refractivity contribution in [2.75, 3.05) is 11.9 Å². The van der Waals surface area contributed by atoms with E-state index in [9.17, 15) is 14.7 Å². The summed E-state index contributed by atoms with van der Waals surface area (Å²) < 4.78 is 0. The number of rotatable bonds is 4. The van der Waals surface area contributed by atoms with Gasteiger partial charge in [0.15, 0.2) is 11.6 Å². The zero-order valence-electron chi connectivity index (χ0n) is 13.4. The summed E-state index contributed by atoms with van der Waals surface area (Å²) in [5.74, 6) is -0.294. The van der Waals surface area contributed by atoms with Crippen LogP contribution < -0.4 is 5.32 Å². The monoisotopic (exact) mass is 345 g/mol. The molecule has 7 heteroatoms. The standard InChI is InChI=1S/C17H19N3O3S/c1-11-6-7-14(21)16(18-11)19-17(23)13-5-2-8-20(13)15(22)10-12-4-3-9-24-12/h3-4,6-7,9,13,21H,2,5,8,10H2,1H3,(H,18,19,23)/t13-/m0/s1. The number of carbonyl (C=O) groups is 2. The third-order valence-electron chi connectivity index (χ3n) is 4.04. The maximum atomic E-state index is 12.5. The first-order valence-electron chi connectivity index (χ1n) is 7.84. The Morgan fingerprint density at radius 1 is 1.42 bits per heavy atom. The molecule has 2 aromatic heterocycles. The van der Waals surface area contributed by atoms with E-state index in [1.54, 1.807) is 17.9 Å². The van der Waals surface area contributed by atoms with E-state index in [4.69, 9.17) is 0 Å². The normalized spacial score (nSPS) is 17.0. The second-order valence-electron chi connectivity index (χ2n) is 5.81. The van der Waals surface area contributed by atoms with Crippen molar-refractivity contribution in [1.29, 1.82) is 0 Å². The van der Waals surface area contributed by atoms with Crippen LogP contribution in [0.1, 0.15) is 23.4 Å². The fourth-order valence-electron chi connectivity index (χ4n) is 2.84. The molecule has 3 rings (SSSR count). The van der Waals surface area contributed by atoms with E-state index in [1.807, 2.05) is 17.5 Å². The zero-order valence-corrected chi connectivity index (χ0v) is 14.2. The molecule has 1 fully saturated rings. The van der Waals surface area contributed by atoms with Gasteiger partial charge in [-0.2, -0.15) is 0 Å². The molecule has 1 aliphatic rings. The largest absolute Gasteiger partial charge is 0.504 e. The van der Waals surface area contributed by atoms with Crippen LogP contribution in [0.4, 0.5) is 5.82 Å². The summed E-state index contributed by atoms with van der Waals surface area (Å²) in [6.45, 7) is 2.36. The summed E-state index contributed by atoms with van der Waals surface area (Å²) in [6.07, 6.45) is 1.73. The second kappa shape index (κ2) is 7.00. The predicted octanol–water partition coefficient (Wildman–Crippen LogP) is 2.33. The Hall–Kier alpha value is -2.41. The van der Waals surface area contributed by atoms with E-state index in [0.717, 1.165) is 11.3 Å². The minimum Gasteiger partial charge on any atom is -0.504 e. The first-order chi connectivity index (χ1) is 11.5. The Labute approximate surface area is 144 Å². The number of thiophene rings is 1. The van der Waals surface area contributed by atoms with Crippen LogP contribution >= 0.6 is 11.3 Å². The number of hydrogen-bond donors (Lipinski definition) is 2. The Bertz CT molecular complexity index is 746. The lowest BCUT2D eigenvalue weighted by Crippen LogP contribution is -2.43. The quantitative estimate of drug-likeness (QED) is 0.891. The fourth-order valence-corrected chi connectivity index (χ4v) is 3.54. The minimum atomic E-state index is -0.515. The summed E-state index contributed by atoms with van der Waals surface area (Å²) in [7, 11) is 0. The van der Waals surface area contributed by atoms with Gasteiger partial charge in [-0.1, -0.05) is 6.07 Å². The summed E-state index contributed by atoms with van der Waals surface area (Å²) >= 11 is 1.53. The third-order valence-corrected chi connectivity index (χ3v) is 4.91. The van der Waals surface area contributed by atoms with Gasteiger partial charge in [0.25, 0.3) is 0 Å². The van der Waals surface area contributed by atoms with Gasteiger partial charge in [0.05, 0.1) is 6.42 Å². The zero-order chi connectivity index (χ0) is 17.1. The number of nitrogens with zero attached hydrogens (tertiary/aromatic N) is 2. The maximum Gasteiger partial charge on any atom is 0.248 e. The summed E-state index contributed by atoms with van der Waals surface area (Å²) in [6, 6.07) is 6.47. The van der Waals surface area contributed by atoms with Crippen LogP contribution in [0, 0.1) is 6.92 Å². The molecule has 2 amide bonds. The molecule has 1 saturated heterocycles. The molecular weight excluding hydrogens is 326 g/mol. The minimum absolute atomic E-state index is 0.0449. The van der Waals surface area contributed by atoms with E-state index < -0.39 is 6.04 Å². The molecule has 6 nitrogen and oxygen atoms in total. The Kier molecular flexibility index (Phi) is 4.80. The molecule has 2 N–H and O–H groups in total. The van der Waals surface area contributed by atoms with Crippen LogP contribution in [0.25, 0.3) is 0 Å². The molecule has 0 bridgehead atoms. The number of aromatic hydroxyl groups is 1. The Morgan fingerprint density at radius 2 is 2.25 bits per heavy atom. The van der Waals surface area contributed by atoms with Crippen LogP contribution in [0.15, 0.2) is 29.6 Å². The topological polar surface area (TPSA) is 82.5 Å². The molecule has 3 heterocycles. The molecule has 0 unspecified atom stereocenters. The number of carbonyl (C=O) groups excluding carboxylic acids is 2. The van der Waals surface area contributed by atoms with Gasteiger partial charge >= 0.3 is 0 Å². The van der Waals surface area contributed by atoms with Crippen LogP contribution in [0.3, 0.4) is 0 Å². The van der Waals surface area contributed by atoms with Crippen molar-refractivity contribution in [1.82, 2.24) is 9.88 Å². The van der Waals surface area contributed by atoms with E-state index in [1.165, 1.54) is 17.4 Å². The van der Waals surface area contributed by atoms with Crippen molar-refractivity contribution in [2.24, 2.45) is 0 Å². The summed E-state index contributed by atoms with van der Waals surface area (Å²) in [4.78, 5) is 31.8. The van der Waals surface area contributed by atoms with Crippen molar-refractivity contribution >= 4 is 29.0 Å². The SMILES string of the molecule is Cc1ccc(O)c(NC(=O)[C@@H]2CCCN2C(=O)Cc2cccs2)n1. The average molecular weight is 345 g/mol. The van der Waals surface area contributed by atoms with Gasteiger partial charge in [-0.15, -0.1) is 11.3 Å². The number of amides is 2. The maximum absolute atomic E-state index is 12.5. The van der Waals surface area contributed by atoms with Gasteiger partial charge in [-0.05, 0) is 43.3 Å². The summed E-state index contributed by atoms with van der Waals surface area (Å²) in [5.41, 5.74) is 0.695. The van der Waals surface area contributed by atoms with Crippen LogP contribution in [0.5, 0.6) is 5.75 Å². The molecule has 0 aliphatic carbocycles. The predicted molar refractivity (Wildman–Crippen MR) is 92.0 cm³/mol. The Morgan fingerprint density at radius 3 is 3.00 bits per heavy atom. The molecule has 2 aromatic rings. The molecule has 126 valence electrons. The lowest BCUT2D eigenvalue weighted by Gasteiger charge is -2.23. The van der Waals surface area contributed by atoms with E-state index in [0.29, 0.717) is 25.1 Å². The van der Waals surface area contributed by atoms with Crippen LogP contribution in [-0.4, -0.2) is 39.4 Å². The van der Waals surface area contributed by atoms with Crippen LogP contribution in [-0.2, 0) is 16.0 Å². The van der Waals surface area contributed by atoms with Gasteiger partial charge < -0.3 is 15.3 Å². The van der Waals surface area contributed by atoms with Crippen molar-refractivity contribution in [3.05, 3.63) is 40.2 Å². The first kappa shape index (κ1) is 16.4. The highest BCUT2D eigenvalue weighted by atomic mass is 32.1. The average Bonchev–Trinajstić information content (AvgIpc) is 3.21. The highest BCUT2D eigenvalue weighted by Gasteiger charge is 2.34. The summed E-state index contributed by atoms with van der Waals surface area (Å²) in [5, 5.41) is 14.4. The molecular formula is C17H19N3O3S. The number of anilines is 1. The highest BCUT2D eigenvalue weighted by molar-refractivity contribution is 7.10. The Balaban J connectivity index is 1.69. The molecule has 0 aromatic carbocycles.